The van der Waals surface area contributed by atoms with Gasteiger partial charge in [-0.3, -0.25) is 4.90 Å². The van der Waals surface area contributed by atoms with Crippen LogP contribution in [0.1, 0.15) is 68.1 Å². The molecule has 0 radical (unpaired) electrons. The normalized spacial score (nSPS) is 22.9. The SMILES string of the molecule is CC(C)(C)c1csc([C@H]2CN(Cc3nc(C4CC4)no3)CCO2)n1. The molecule has 7 heteroatoms. The smallest absolute Gasteiger partial charge is 0.240 e. The Balaban J connectivity index is 1.40. The van der Waals surface area contributed by atoms with Crippen molar-refractivity contribution in [1.82, 2.24) is 20.0 Å². The van der Waals surface area contributed by atoms with E-state index in [4.69, 9.17) is 14.2 Å². The zero-order valence-electron chi connectivity index (χ0n) is 14.5. The molecule has 3 heterocycles. The van der Waals surface area contributed by atoms with Gasteiger partial charge in [0, 0.05) is 29.8 Å². The van der Waals surface area contributed by atoms with Gasteiger partial charge in [-0.2, -0.15) is 4.98 Å². The van der Waals surface area contributed by atoms with E-state index in [-0.39, 0.29) is 11.5 Å². The van der Waals surface area contributed by atoms with Crippen molar-refractivity contribution >= 4 is 11.3 Å². The lowest BCUT2D eigenvalue weighted by Crippen LogP contribution is -2.37. The largest absolute Gasteiger partial charge is 0.368 e. The Kier molecular flexibility index (Phi) is 4.18. The van der Waals surface area contributed by atoms with Gasteiger partial charge >= 0.3 is 0 Å². The molecule has 2 aromatic rings. The van der Waals surface area contributed by atoms with Gasteiger partial charge in [0.1, 0.15) is 11.1 Å². The molecule has 6 nitrogen and oxygen atoms in total. The number of thiazole rings is 1. The summed E-state index contributed by atoms with van der Waals surface area (Å²) in [5.74, 6) is 2.13. The zero-order valence-corrected chi connectivity index (χ0v) is 15.3. The van der Waals surface area contributed by atoms with Crippen LogP contribution in [0.3, 0.4) is 0 Å². The first kappa shape index (κ1) is 16.2. The van der Waals surface area contributed by atoms with E-state index in [1.165, 1.54) is 12.8 Å². The molecule has 1 aliphatic carbocycles. The summed E-state index contributed by atoms with van der Waals surface area (Å²) < 4.78 is 11.4. The molecule has 130 valence electrons. The van der Waals surface area contributed by atoms with Crippen LogP contribution in [0, 0.1) is 0 Å². The van der Waals surface area contributed by atoms with Crippen molar-refractivity contribution in [2.75, 3.05) is 19.7 Å². The number of rotatable bonds is 4. The van der Waals surface area contributed by atoms with Crippen LogP contribution in [-0.4, -0.2) is 39.7 Å². The molecule has 0 N–H and O–H groups in total. The maximum absolute atomic E-state index is 5.95. The topological polar surface area (TPSA) is 64.3 Å². The Hall–Kier alpha value is -1.31. The Labute approximate surface area is 146 Å². The highest BCUT2D eigenvalue weighted by Crippen LogP contribution is 2.38. The Morgan fingerprint density at radius 2 is 2.12 bits per heavy atom. The van der Waals surface area contributed by atoms with Gasteiger partial charge in [0.15, 0.2) is 5.82 Å². The maximum Gasteiger partial charge on any atom is 0.240 e. The minimum absolute atomic E-state index is 0.0330. The molecular formula is C17H24N4O2S. The molecule has 2 aromatic heterocycles. The van der Waals surface area contributed by atoms with Gasteiger partial charge in [-0.1, -0.05) is 25.9 Å². The van der Waals surface area contributed by atoms with Gasteiger partial charge in [-0.25, -0.2) is 4.98 Å². The van der Waals surface area contributed by atoms with Crippen LogP contribution < -0.4 is 0 Å². The van der Waals surface area contributed by atoms with E-state index in [1.54, 1.807) is 11.3 Å². The predicted molar refractivity (Wildman–Crippen MR) is 91.1 cm³/mol. The van der Waals surface area contributed by atoms with E-state index in [2.05, 4.69) is 41.2 Å². The molecule has 24 heavy (non-hydrogen) atoms. The lowest BCUT2D eigenvalue weighted by molar-refractivity contribution is -0.0357. The second kappa shape index (κ2) is 6.20. The molecule has 1 atom stereocenters. The van der Waals surface area contributed by atoms with Crippen LogP contribution in [0.5, 0.6) is 0 Å². The Morgan fingerprint density at radius 3 is 2.83 bits per heavy atom. The van der Waals surface area contributed by atoms with Crippen molar-refractivity contribution in [2.24, 2.45) is 0 Å². The predicted octanol–water partition coefficient (Wildman–Crippen LogP) is 3.27. The summed E-state index contributed by atoms with van der Waals surface area (Å²) >= 11 is 1.69. The number of ether oxygens (including phenoxy) is 1. The molecule has 1 saturated carbocycles. The third kappa shape index (κ3) is 3.53. The average Bonchev–Trinajstić information content (AvgIpc) is 3.08. The van der Waals surface area contributed by atoms with Crippen LogP contribution in [-0.2, 0) is 16.7 Å². The first-order chi connectivity index (χ1) is 11.5. The summed E-state index contributed by atoms with van der Waals surface area (Å²) in [5.41, 5.74) is 1.21. The maximum atomic E-state index is 5.95. The molecule has 0 unspecified atom stereocenters. The monoisotopic (exact) mass is 348 g/mol. The van der Waals surface area contributed by atoms with E-state index in [1.807, 2.05) is 0 Å². The summed E-state index contributed by atoms with van der Waals surface area (Å²) in [4.78, 5) is 11.6. The summed E-state index contributed by atoms with van der Waals surface area (Å²) in [5, 5.41) is 7.31. The van der Waals surface area contributed by atoms with Gasteiger partial charge in [-0.15, -0.1) is 11.3 Å². The highest BCUT2D eigenvalue weighted by atomic mass is 32.1. The van der Waals surface area contributed by atoms with Crippen LogP contribution in [0.15, 0.2) is 9.90 Å². The van der Waals surface area contributed by atoms with Crippen LogP contribution in [0.4, 0.5) is 0 Å². The number of aromatic nitrogens is 3. The zero-order chi connectivity index (χ0) is 16.7. The molecule has 2 aliphatic rings. The van der Waals surface area contributed by atoms with Gasteiger partial charge < -0.3 is 9.26 Å². The van der Waals surface area contributed by atoms with E-state index in [0.29, 0.717) is 25.0 Å². The minimum atomic E-state index is 0.0330. The molecule has 1 saturated heterocycles. The Bertz CT molecular complexity index is 702. The van der Waals surface area contributed by atoms with Crippen molar-refractivity contribution in [2.45, 2.75) is 57.6 Å². The van der Waals surface area contributed by atoms with Crippen molar-refractivity contribution in [1.29, 1.82) is 0 Å². The second-order valence-corrected chi connectivity index (χ2v) is 8.63. The quantitative estimate of drug-likeness (QED) is 0.845. The fraction of sp³-hybridized carbons (Fsp3) is 0.706. The van der Waals surface area contributed by atoms with Gasteiger partial charge in [0.25, 0.3) is 0 Å². The first-order valence-electron chi connectivity index (χ1n) is 8.61. The number of hydrogen-bond acceptors (Lipinski definition) is 7. The van der Waals surface area contributed by atoms with E-state index in [0.717, 1.165) is 29.6 Å². The van der Waals surface area contributed by atoms with Crippen molar-refractivity contribution in [3.05, 3.63) is 27.8 Å². The fourth-order valence-corrected chi connectivity index (χ4v) is 3.89. The number of morpholine rings is 1. The molecule has 4 rings (SSSR count). The molecule has 0 spiro atoms. The van der Waals surface area contributed by atoms with Crippen LogP contribution in [0.25, 0.3) is 0 Å². The standard InChI is InChI=1S/C17H24N4O2S/c1-17(2,3)13-10-24-16(18-13)12-8-21(6-7-22-12)9-14-19-15(20-23-14)11-4-5-11/h10-12H,4-9H2,1-3H3/t12-/m1/s1. The third-order valence-electron chi connectivity index (χ3n) is 4.50. The minimum Gasteiger partial charge on any atom is -0.368 e. The lowest BCUT2D eigenvalue weighted by atomic mass is 9.93. The summed E-state index contributed by atoms with van der Waals surface area (Å²) in [6.07, 6.45) is 2.42. The van der Waals surface area contributed by atoms with E-state index < -0.39 is 0 Å². The molecule has 2 fully saturated rings. The van der Waals surface area contributed by atoms with Crippen molar-refractivity contribution < 1.29 is 9.26 Å². The fourth-order valence-electron chi connectivity index (χ4n) is 2.81. The summed E-state index contributed by atoms with van der Waals surface area (Å²) in [7, 11) is 0. The summed E-state index contributed by atoms with van der Waals surface area (Å²) in [6, 6.07) is 0. The third-order valence-corrected chi connectivity index (χ3v) is 5.44. The van der Waals surface area contributed by atoms with Crippen molar-refractivity contribution in [3.63, 3.8) is 0 Å². The molecule has 1 aliphatic heterocycles. The molecule has 0 bridgehead atoms. The van der Waals surface area contributed by atoms with Gasteiger partial charge in [-0.05, 0) is 12.8 Å². The highest BCUT2D eigenvalue weighted by Gasteiger charge is 2.30. The molecule has 0 amide bonds. The first-order valence-corrected chi connectivity index (χ1v) is 9.49. The Morgan fingerprint density at radius 1 is 1.29 bits per heavy atom. The van der Waals surface area contributed by atoms with Crippen LogP contribution in [0.2, 0.25) is 0 Å². The molecular weight excluding hydrogens is 324 g/mol. The molecule has 0 aromatic carbocycles. The summed E-state index contributed by atoms with van der Waals surface area (Å²) in [6.45, 7) is 9.66. The number of hydrogen-bond donors (Lipinski definition) is 0. The highest BCUT2D eigenvalue weighted by molar-refractivity contribution is 7.09. The van der Waals surface area contributed by atoms with Crippen molar-refractivity contribution in [3.8, 4) is 0 Å². The number of nitrogens with zero attached hydrogens (tertiary/aromatic N) is 4. The van der Waals surface area contributed by atoms with E-state index in [9.17, 15) is 0 Å². The average molecular weight is 348 g/mol. The van der Waals surface area contributed by atoms with Gasteiger partial charge in [0.05, 0.1) is 18.8 Å². The second-order valence-electron chi connectivity index (χ2n) is 7.74. The van der Waals surface area contributed by atoms with Crippen LogP contribution >= 0.6 is 11.3 Å². The van der Waals surface area contributed by atoms with E-state index >= 15 is 0 Å². The lowest BCUT2D eigenvalue weighted by Gasteiger charge is -2.30. The van der Waals surface area contributed by atoms with Gasteiger partial charge in [0.2, 0.25) is 5.89 Å².